The molecule has 5 aliphatic rings. The second-order valence-corrected chi connectivity index (χ2v) is 16.4. The highest BCUT2D eigenvalue weighted by atomic mass is 32.2. The van der Waals surface area contributed by atoms with Gasteiger partial charge in [0, 0.05) is 32.0 Å². The third-order valence-electron chi connectivity index (χ3n) is 11.0. The summed E-state index contributed by atoms with van der Waals surface area (Å²) >= 11 is 0. The van der Waals surface area contributed by atoms with Gasteiger partial charge in [-0.3, -0.25) is 14.4 Å². The SMILES string of the molecule is C=C[C@@H]1C[C@@]12NC(=O)[C@@H]1C[C@@H](OC(=O)N3CCOCC3)CN1C(=O)[C@@H](NC(=O)OC1CCCC1)CCCCCCCNc1ccccc1S(=O)(=O)NC2=O. The molecule has 4 fully saturated rings. The Morgan fingerprint density at radius 3 is 2.39 bits per heavy atom. The molecule has 1 spiro atoms. The molecule has 0 bridgehead atoms. The number of ether oxygens (including phenoxy) is 3. The molecule has 296 valence electrons. The average molecular weight is 773 g/mol. The maximum absolute atomic E-state index is 14.4. The van der Waals surface area contributed by atoms with Gasteiger partial charge in [0.05, 0.1) is 25.4 Å². The van der Waals surface area contributed by atoms with Crippen LogP contribution in [-0.4, -0.2) is 117 Å². The number of para-hydroxylation sites is 1. The molecule has 17 heteroatoms. The number of alkyl carbamates (subject to hydrolysis) is 1. The van der Waals surface area contributed by atoms with E-state index < -0.39 is 69.6 Å². The van der Waals surface area contributed by atoms with Crippen LogP contribution < -0.4 is 20.7 Å². The van der Waals surface area contributed by atoms with E-state index in [9.17, 15) is 32.4 Å². The molecule has 1 aromatic carbocycles. The van der Waals surface area contributed by atoms with Gasteiger partial charge in [-0.15, -0.1) is 6.58 Å². The van der Waals surface area contributed by atoms with Gasteiger partial charge in [-0.25, -0.2) is 22.7 Å². The first kappa shape index (κ1) is 39.3. The zero-order chi connectivity index (χ0) is 38.3. The summed E-state index contributed by atoms with van der Waals surface area (Å²) in [5.41, 5.74) is -1.31. The zero-order valence-electron chi connectivity index (χ0n) is 30.6. The first-order valence-corrected chi connectivity index (χ1v) is 20.6. The molecule has 6 rings (SSSR count). The van der Waals surface area contributed by atoms with Crippen LogP contribution in [0.4, 0.5) is 15.3 Å². The molecular formula is C37H52N6O10S. The van der Waals surface area contributed by atoms with Crippen molar-refractivity contribution in [2.24, 2.45) is 5.92 Å². The Labute approximate surface area is 316 Å². The van der Waals surface area contributed by atoms with Crippen molar-refractivity contribution in [3.63, 3.8) is 0 Å². The molecule has 5 atom stereocenters. The van der Waals surface area contributed by atoms with Crippen molar-refractivity contribution in [3.8, 4) is 0 Å². The highest BCUT2D eigenvalue weighted by Gasteiger charge is 2.61. The van der Waals surface area contributed by atoms with Crippen LogP contribution >= 0.6 is 0 Å². The topological polar surface area (TPSA) is 202 Å². The standard InChI is InChI=1S/C37H52N6O10S/c1-2-25-23-37(25)34(46)41-54(49,50)31-16-10-9-14-28(31)38-17-11-5-3-4-6-15-29(39-35(47)52-26-12-7-8-13-26)33(45)43-24-27(22-30(43)32(44)40-37)53-36(48)42-18-20-51-21-19-42/h2,9-10,14,16,25-27,29-30,38H,1,3-8,11-13,15,17-24H2,(H,39,47)(H,40,44)(H,41,46)/t25-,27-,29+,30+,37-/m1/s1. The molecule has 3 heterocycles. The first-order valence-electron chi connectivity index (χ1n) is 19.2. The highest BCUT2D eigenvalue weighted by molar-refractivity contribution is 7.90. The monoisotopic (exact) mass is 772 g/mol. The van der Waals surface area contributed by atoms with Crippen molar-refractivity contribution in [1.29, 1.82) is 0 Å². The highest BCUT2D eigenvalue weighted by Crippen LogP contribution is 2.45. The van der Waals surface area contributed by atoms with Gasteiger partial charge in [0.1, 0.15) is 34.7 Å². The number of sulfonamides is 1. The molecule has 16 nitrogen and oxygen atoms in total. The Kier molecular flexibility index (Phi) is 12.7. The van der Waals surface area contributed by atoms with Crippen LogP contribution in [0.1, 0.15) is 77.0 Å². The van der Waals surface area contributed by atoms with Crippen molar-refractivity contribution in [3.05, 3.63) is 36.9 Å². The largest absolute Gasteiger partial charge is 0.446 e. The fraction of sp³-hybridized carbons (Fsp3) is 0.649. The lowest BCUT2D eigenvalue weighted by Gasteiger charge is -2.30. The predicted octanol–water partition coefficient (Wildman–Crippen LogP) is 2.79. The quantitative estimate of drug-likeness (QED) is 0.328. The van der Waals surface area contributed by atoms with Crippen LogP contribution in [0.25, 0.3) is 0 Å². The van der Waals surface area contributed by atoms with E-state index >= 15 is 0 Å². The van der Waals surface area contributed by atoms with E-state index in [1.165, 1.54) is 21.9 Å². The number of morpholine rings is 1. The summed E-state index contributed by atoms with van der Waals surface area (Å²) in [6.07, 6.45) is 6.49. The van der Waals surface area contributed by atoms with Crippen molar-refractivity contribution in [2.75, 3.05) is 44.7 Å². The summed E-state index contributed by atoms with van der Waals surface area (Å²) in [4.78, 5) is 71.5. The molecular weight excluding hydrogens is 721 g/mol. The number of amides is 5. The lowest BCUT2D eigenvalue weighted by Crippen LogP contribution is -2.58. The predicted molar refractivity (Wildman–Crippen MR) is 196 cm³/mol. The Morgan fingerprint density at radius 2 is 1.65 bits per heavy atom. The number of nitrogens with one attached hydrogen (secondary N) is 4. The molecule has 0 radical (unpaired) electrons. The first-order chi connectivity index (χ1) is 26.0. The van der Waals surface area contributed by atoms with Crippen LogP contribution in [-0.2, 0) is 38.6 Å². The van der Waals surface area contributed by atoms with Crippen molar-refractivity contribution in [1.82, 2.24) is 25.2 Å². The van der Waals surface area contributed by atoms with E-state index in [2.05, 4.69) is 27.3 Å². The van der Waals surface area contributed by atoms with E-state index in [0.29, 0.717) is 45.0 Å². The molecule has 54 heavy (non-hydrogen) atoms. The van der Waals surface area contributed by atoms with E-state index in [0.717, 1.165) is 51.4 Å². The summed E-state index contributed by atoms with van der Waals surface area (Å²) in [7, 11) is -4.38. The minimum Gasteiger partial charge on any atom is -0.446 e. The van der Waals surface area contributed by atoms with E-state index in [-0.39, 0.29) is 36.8 Å². The lowest BCUT2D eigenvalue weighted by molar-refractivity contribution is -0.141. The second-order valence-electron chi connectivity index (χ2n) is 14.8. The fourth-order valence-corrected chi connectivity index (χ4v) is 9.03. The van der Waals surface area contributed by atoms with Crippen LogP contribution in [0, 0.1) is 5.92 Å². The number of nitrogens with zero attached hydrogens (tertiary/aromatic N) is 2. The van der Waals surface area contributed by atoms with E-state index in [4.69, 9.17) is 14.2 Å². The van der Waals surface area contributed by atoms with Gasteiger partial charge < -0.3 is 40.0 Å². The van der Waals surface area contributed by atoms with Crippen LogP contribution in [0.5, 0.6) is 0 Å². The number of hydrogen-bond donors (Lipinski definition) is 4. The third kappa shape index (κ3) is 9.28. The molecule has 2 aliphatic carbocycles. The van der Waals surface area contributed by atoms with Gasteiger partial charge in [-0.2, -0.15) is 0 Å². The lowest BCUT2D eigenvalue weighted by atomic mass is 10.0. The summed E-state index contributed by atoms with van der Waals surface area (Å²) < 4.78 is 46.3. The Balaban J connectivity index is 1.28. The number of fused-ring (bicyclic) bond motifs is 2. The van der Waals surface area contributed by atoms with Gasteiger partial charge in [0.2, 0.25) is 11.8 Å². The summed E-state index contributed by atoms with van der Waals surface area (Å²) in [6.45, 7) is 5.51. The van der Waals surface area contributed by atoms with Crippen LogP contribution in [0.15, 0.2) is 41.8 Å². The minimum atomic E-state index is -4.38. The second kappa shape index (κ2) is 17.4. The van der Waals surface area contributed by atoms with Gasteiger partial charge in [-0.05, 0) is 57.1 Å². The molecule has 4 N–H and O–H groups in total. The Bertz CT molecular complexity index is 1680. The minimum absolute atomic E-state index is 0.0801. The Morgan fingerprint density at radius 1 is 0.944 bits per heavy atom. The number of anilines is 1. The summed E-state index contributed by atoms with van der Waals surface area (Å²) in [5, 5.41) is 8.70. The Hall–Kier alpha value is -4.38. The molecule has 5 amide bonds. The number of benzene rings is 1. The van der Waals surface area contributed by atoms with Gasteiger partial charge >= 0.3 is 12.2 Å². The number of carbonyl (C=O) groups is 5. The fourth-order valence-electron chi connectivity index (χ4n) is 7.81. The molecule has 0 aromatic heterocycles. The number of carbonyl (C=O) groups excluding carboxylic acids is 5. The normalized spacial score (nSPS) is 29.8. The van der Waals surface area contributed by atoms with Gasteiger partial charge in [0.15, 0.2) is 0 Å². The maximum atomic E-state index is 14.4. The zero-order valence-corrected chi connectivity index (χ0v) is 31.4. The molecule has 1 aromatic rings. The molecule has 0 unspecified atom stereocenters. The molecule has 2 saturated heterocycles. The van der Waals surface area contributed by atoms with Crippen molar-refractivity contribution in [2.45, 2.75) is 112 Å². The van der Waals surface area contributed by atoms with E-state index in [1.54, 1.807) is 18.2 Å². The van der Waals surface area contributed by atoms with Crippen LogP contribution in [0.3, 0.4) is 0 Å². The van der Waals surface area contributed by atoms with Crippen molar-refractivity contribution >= 4 is 45.6 Å². The number of hydrogen-bond acceptors (Lipinski definition) is 11. The van der Waals surface area contributed by atoms with Crippen LogP contribution in [0.2, 0.25) is 0 Å². The molecule has 3 aliphatic heterocycles. The smallest absolute Gasteiger partial charge is 0.410 e. The van der Waals surface area contributed by atoms with Gasteiger partial charge in [-0.1, -0.05) is 43.9 Å². The summed E-state index contributed by atoms with van der Waals surface area (Å²) in [6, 6.07) is 4.06. The van der Waals surface area contributed by atoms with Gasteiger partial charge in [0.25, 0.3) is 15.9 Å². The number of rotatable bonds is 4. The van der Waals surface area contributed by atoms with E-state index in [1.807, 2.05) is 0 Å². The maximum Gasteiger partial charge on any atom is 0.410 e. The van der Waals surface area contributed by atoms with Crippen molar-refractivity contribution < 1.29 is 46.6 Å². The third-order valence-corrected chi connectivity index (χ3v) is 12.4. The molecule has 2 saturated carbocycles. The summed E-state index contributed by atoms with van der Waals surface area (Å²) in [5.74, 6) is -2.81. The average Bonchev–Trinajstić information content (AvgIpc) is 3.42.